The van der Waals surface area contributed by atoms with Crippen LogP contribution in [0.15, 0.2) is 67.0 Å². The summed E-state index contributed by atoms with van der Waals surface area (Å²) < 4.78 is 15.1. The number of amides is 3. The Hall–Kier alpha value is -4.39. The van der Waals surface area contributed by atoms with Crippen LogP contribution in [-0.4, -0.2) is 56.6 Å². The van der Waals surface area contributed by atoms with Gasteiger partial charge in [-0.15, -0.1) is 17.5 Å². The number of halogens is 3. The van der Waals surface area contributed by atoms with Crippen LogP contribution < -0.4 is 21.7 Å². The predicted octanol–water partition coefficient (Wildman–Crippen LogP) is 2.98. The fraction of sp³-hybridized carbons (Fsp3) is 0.267. The van der Waals surface area contributed by atoms with E-state index in [1.807, 2.05) is 24.3 Å². The summed E-state index contributed by atoms with van der Waals surface area (Å²) in [7, 11) is 0. The molecule has 11 nitrogen and oxygen atoms in total. The van der Waals surface area contributed by atoms with Crippen molar-refractivity contribution in [1.29, 1.82) is 0 Å². The minimum absolute atomic E-state index is 0. The Balaban J connectivity index is 0.00000442. The van der Waals surface area contributed by atoms with E-state index in [9.17, 15) is 18.8 Å². The molecule has 3 atom stereocenters. The maximum Gasteiger partial charge on any atom is 0.249 e. The summed E-state index contributed by atoms with van der Waals surface area (Å²) in [6.07, 6.45) is 2.80. The standard InChI is InChI=1S/C30H30ClFN8O3.ClH/c1-17(29(42)35-15-21-12-22(31)6-9-27(21)40-16-36-38-39-40)37-30(43)26-11-19(14-34-26)10-18-2-4-20(5-3-18)24-8-7-23(32)13-25(24)28(33)41;/h2-9,12-13,16-17,19,26,34H,10-11,14-15H2,1H3,(H2,33,41)(H,35,42)(H,37,43);1H/t17-,19-,26+;/m0./s1. The Bertz CT molecular complexity index is 1640. The molecular weight excluding hydrogens is 610 g/mol. The second-order valence-corrected chi connectivity index (χ2v) is 10.9. The highest BCUT2D eigenvalue weighted by molar-refractivity contribution is 6.30. The molecule has 2 heterocycles. The molecule has 1 fully saturated rings. The van der Waals surface area contributed by atoms with E-state index in [-0.39, 0.29) is 42.2 Å². The molecule has 0 radical (unpaired) electrons. The monoisotopic (exact) mass is 640 g/mol. The average Bonchev–Trinajstić information content (AvgIpc) is 3.69. The Morgan fingerprint density at radius 2 is 1.91 bits per heavy atom. The van der Waals surface area contributed by atoms with Gasteiger partial charge in [-0.25, -0.2) is 9.07 Å². The molecule has 1 aliphatic rings. The first-order valence-corrected chi connectivity index (χ1v) is 14.1. The average molecular weight is 642 g/mol. The minimum Gasteiger partial charge on any atom is -0.366 e. The lowest BCUT2D eigenvalue weighted by Crippen LogP contribution is -2.50. The zero-order valence-electron chi connectivity index (χ0n) is 23.7. The van der Waals surface area contributed by atoms with Crippen LogP contribution in [0.25, 0.3) is 16.8 Å². The van der Waals surface area contributed by atoms with Gasteiger partial charge in [-0.2, -0.15) is 0 Å². The number of rotatable bonds is 10. The van der Waals surface area contributed by atoms with E-state index >= 15 is 0 Å². The van der Waals surface area contributed by atoms with Crippen molar-refractivity contribution in [2.24, 2.45) is 11.7 Å². The summed E-state index contributed by atoms with van der Waals surface area (Å²) in [5, 5.41) is 20.6. The van der Waals surface area contributed by atoms with Crippen LogP contribution >= 0.6 is 24.0 Å². The second-order valence-electron chi connectivity index (χ2n) is 10.5. The van der Waals surface area contributed by atoms with Crippen molar-refractivity contribution in [2.75, 3.05) is 6.54 Å². The number of hydrogen-bond donors (Lipinski definition) is 4. The molecule has 0 unspecified atom stereocenters. The minimum atomic E-state index is -0.756. The molecule has 1 saturated heterocycles. The molecule has 5 rings (SSSR count). The maximum absolute atomic E-state index is 13.6. The molecule has 0 bridgehead atoms. The predicted molar refractivity (Wildman–Crippen MR) is 165 cm³/mol. The number of nitrogens with two attached hydrogens (primary N) is 1. The van der Waals surface area contributed by atoms with Gasteiger partial charge in [0.1, 0.15) is 18.2 Å². The van der Waals surface area contributed by atoms with Gasteiger partial charge < -0.3 is 21.7 Å². The first kappa shape index (κ1) is 32.5. The summed E-state index contributed by atoms with van der Waals surface area (Å²) in [5.41, 5.74) is 9.34. The van der Waals surface area contributed by atoms with Gasteiger partial charge in [-0.1, -0.05) is 41.9 Å². The number of hydrogen-bond acceptors (Lipinski definition) is 7. The third-order valence-electron chi connectivity index (χ3n) is 7.42. The summed E-state index contributed by atoms with van der Waals surface area (Å²) in [5.74, 6) is -1.59. The molecule has 0 spiro atoms. The third kappa shape index (κ3) is 7.76. The van der Waals surface area contributed by atoms with Gasteiger partial charge in [0, 0.05) is 17.1 Å². The molecule has 14 heteroatoms. The van der Waals surface area contributed by atoms with E-state index in [0.717, 1.165) is 23.6 Å². The summed E-state index contributed by atoms with van der Waals surface area (Å²) >= 11 is 6.15. The molecule has 44 heavy (non-hydrogen) atoms. The zero-order chi connectivity index (χ0) is 30.5. The van der Waals surface area contributed by atoms with Crippen molar-refractivity contribution < 1.29 is 18.8 Å². The fourth-order valence-corrected chi connectivity index (χ4v) is 5.39. The molecule has 1 aromatic heterocycles. The lowest BCUT2D eigenvalue weighted by Gasteiger charge is -2.18. The number of benzene rings is 3. The normalized spacial score (nSPS) is 16.5. The Morgan fingerprint density at radius 3 is 2.61 bits per heavy atom. The van der Waals surface area contributed by atoms with Crippen LogP contribution in [0, 0.1) is 11.7 Å². The van der Waals surface area contributed by atoms with Crippen LogP contribution in [-0.2, 0) is 22.6 Å². The van der Waals surface area contributed by atoms with Crippen molar-refractivity contribution in [3.05, 3.63) is 94.5 Å². The largest absolute Gasteiger partial charge is 0.366 e. The lowest BCUT2D eigenvalue weighted by molar-refractivity contribution is -0.129. The molecule has 3 amide bonds. The van der Waals surface area contributed by atoms with E-state index in [0.29, 0.717) is 34.8 Å². The van der Waals surface area contributed by atoms with E-state index in [1.165, 1.54) is 17.1 Å². The van der Waals surface area contributed by atoms with E-state index < -0.39 is 23.8 Å². The fourth-order valence-electron chi connectivity index (χ4n) is 5.20. The van der Waals surface area contributed by atoms with Gasteiger partial charge in [0.15, 0.2) is 0 Å². The number of nitrogens with zero attached hydrogens (tertiary/aromatic N) is 4. The smallest absolute Gasteiger partial charge is 0.249 e. The number of primary amides is 1. The molecule has 1 aliphatic heterocycles. The van der Waals surface area contributed by atoms with E-state index in [4.69, 9.17) is 17.3 Å². The van der Waals surface area contributed by atoms with Gasteiger partial charge in [0.25, 0.3) is 0 Å². The van der Waals surface area contributed by atoms with Crippen LogP contribution in [0.1, 0.15) is 34.8 Å². The first-order valence-electron chi connectivity index (χ1n) is 13.7. The Kier molecular flexibility index (Phi) is 10.6. The molecule has 5 N–H and O–H groups in total. The Morgan fingerprint density at radius 1 is 1.14 bits per heavy atom. The molecule has 4 aromatic rings. The molecule has 3 aromatic carbocycles. The number of carbonyl (C=O) groups is 3. The number of aromatic nitrogens is 4. The SMILES string of the molecule is C[C@H](NC(=O)[C@H]1C[C@H](Cc2ccc(-c3ccc(F)cc3C(N)=O)cc2)CN1)C(=O)NCc1cc(Cl)ccc1-n1cnnn1.Cl. The summed E-state index contributed by atoms with van der Waals surface area (Å²) in [6, 6.07) is 15.6. The van der Waals surface area contributed by atoms with Crippen molar-refractivity contribution in [1.82, 2.24) is 36.2 Å². The summed E-state index contributed by atoms with van der Waals surface area (Å²) in [4.78, 5) is 37.5. The lowest BCUT2D eigenvalue weighted by atomic mass is 9.93. The Labute approximate surface area is 264 Å². The van der Waals surface area contributed by atoms with Crippen molar-refractivity contribution in [2.45, 2.75) is 38.4 Å². The number of tetrazole rings is 1. The molecule has 0 aliphatic carbocycles. The third-order valence-corrected chi connectivity index (χ3v) is 7.65. The van der Waals surface area contributed by atoms with Gasteiger partial charge in [-0.05, 0) is 95.2 Å². The highest BCUT2D eigenvalue weighted by Gasteiger charge is 2.31. The second kappa shape index (κ2) is 14.4. The van der Waals surface area contributed by atoms with E-state index in [2.05, 4.69) is 31.5 Å². The first-order chi connectivity index (χ1) is 20.7. The summed E-state index contributed by atoms with van der Waals surface area (Å²) in [6.45, 7) is 2.45. The molecular formula is C30H31Cl2FN8O3. The van der Waals surface area contributed by atoms with Crippen molar-refractivity contribution in [3.63, 3.8) is 0 Å². The van der Waals surface area contributed by atoms with Gasteiger partial charge in [-0.3, -0.25) is 14.4 Å². The maximum atomic E-state index is 13.6. The van der Waals surface area contributed by atoms with Crippen molar-refractivity contribution in [3.8, 4) is 16.8 Å². The molecule has 230 valence electrons. The van der Waals surface area contributed by atoms with Crippen LogP contribution in [0.2, 0.25) is 5.02 Å². The number of carbonyl (C=O) groups excluding carboxylic acids is 3. The van der Waals surface area contributed by atoms with Crippen LogP contribution in [0.3, 0.4) is 0 Å². The van der Waals surface area contributed by atoms with Gasteiger partial charge >= 0.3 is 0 Å². The van der Waals surface area contributed by atoms with E-state index in [1.54, 1.807) is 31.2 Å². The highest BCUT2D eigenvalue weighted by atomic mass is 35.5. The highest BCUT2D eigenvalue weighted by Crippen LogP contribution is 2.27. The van der Waals surface area contributed by atoms with Crippen LogP contribution in [0.5, 0.6) is 0 Å². The van der Waals surface area contributed by atoms with Crippen molar-refractivity contribution >= 4 is 41.7 Å². The molecule has 0 saturated carbocycles. The zero-order valence-corrected chi connectivity index (χ0v) is 25.2. The van der Waals surface area contributed by atoms with Crippen LogP contribution in [0.4, 0.5) is 4.39 Å². The van der Waals surface area contributed by atoms with Gasteiger partial charge in [0.2, 0.25) is 17.7 Å². The number of nitrogens with one attached hydrogen (secondary N) is 3. The topological polar surface area (TPSA) is 157 Å². The van der Waals surface area contributed by atoms with Gasteiger partial charge in [0.05, 0.1) is 11.7 Å². The quantitative estimate of drug-likeness (QED) is 0.207.